The van der Waals surface area contributed by atoms with Crippen LogP contribution in [0, 0.1) is 39.3 Å². The summed E-state index contributed by atoms with van der Waals surface area (Å²) in [4.78, 5) is 14.5. The summed E-state index contributed by atoms with van der Waals surface area (Å²) in [6, 6.07) is 4.69. The third-order valence-corrected chi connectivity index (χ3v) is 6.25. The summed E-state index contributed by atoms with van der Waals surface area (Å²) in [5.74, 6) is 0.368. The van der Waals surface area contributed by atoms with Gasteiger partial charge >= 0.3 is 24.8 Å². The number of thiol groups is 1. The SMILES string of the molecule is Cc1noc(C)c1-c1nc2[nH]cc(Br)c2cc1F.Cc1noc(C)c1-c1nc2[nH]ccc2cc1F.[B]=NS. The van der Waals surface area contributed by atoms with Crippen LogP contribution in [-0.4, -0.2) is 37.9 Å². The molecule has 0 aliphatic heterocycles. The summed E-state index contributed by atoms with van der Waals surface area (Å²) in [5.41, 5.74) is 4.31. The zero-order valence-corrected chi connectivity index (χ0v) is 23.1. The molecule has 6 aromatic heterocycles. The molecule has 0 aliphatic rings. The normalized spacial score (nSPS) is 10.7. The maximum atomic E-state index is 14.1. The number of nitrogens with zero attached hydrogens (tertiary/aromatic N) is 5. The fourth-order valence-electron chi connectivity index (χ4n) is 3.94. The van der Waals surface area contributed by atoms with Gasteiger partial charge in [-0.1, -0.05) is 10.3 Å². The summed E-state index contributed by atoms with van der Waals surface area (Å²) >= 11 is 6.53. The summed E-state index contributed by atoms with van der Waals surface area (Å²) < 4.78 is 41.7. The fraction of sp³-hybridized carbons (Fsp3) is 0.167. The number of aromatic amines is 2. The van der Waals surface area contributed by atoms with E-state index in [0.717, 1.165) is 9.86 Å². The van der Waals surface area contributed by atoms with Crippen LogP contribution >= 0.6 is 28.7 Å². The first kappa shape index (κ1) is 27.4. The van der Waals surface area contributed by atoms with E-state index < -0.39 is 5.82 Å². The number of pyridine rings is 2. The van der Waals surface area contributed by atoms with Gasteiger partial charge in [0, 0.05) is 27.6 Å². The average Bonchev–Trinajstić information content (AvgIpc) is 3.63. The molecule has 193 valence electrons. The van der Waals surface area contributed by atoms with Crippen molar-refractivity contribution in [1.82, 2.24) is 30.2 Å². The van der Waals surface area contributed by atoms with E-state index in [4.69, 9.17) is 9.05 Å². The Bertz CT molecular complexity index is 1720. The summed E-state index contributed by atoms with van der Waals surface area (Å²) in [7, 11) is 4.34. The number of nitrogens with one attached hydrogen (secondary N) is 2. The second-order valence-electron chi connectivity index (χ2n) is 8.10. The Morgan fingerprint density at radius 1 is 0.895 bits per heavy atom. The van der Waals surface area contributed by atoms with Crippen molar-refractivity contribution >= 4 is 58.5 Å². The second-order valence-corrected chi connectivity index (χ2v) is 9.18. The van der Waals surface area contributed by atoms with E-state index in [1.165, 1.54) is 12.1 Å². The molecule has 6 rings (SSSR count). The van der Waals surface area contributed by atoms with Crippen molar-refractivity contribution in [2.24, 2.45) is 4.30 Å². The molecular weight excluding hydrogens is 579 g/mol. The second kappa shape index (κ2) is 11.4. The maximum absolute atomic E-state index is 14.1. The van der Waals surface area contributed by atoms with Crippen molar-refractivity contribution in [3.63, 3.8) is 0 Å². The molecule has 0 saturated heterocycles. The van der Waals surface area contributed by atoms with Gasteiger partial charge in [-0.25, -0.2) is 18.7 Å². The third-order valence-electron chi connectivity index (χ3n) is 5.60. The number of hydrogen-bond acceptors (Lipinski definition) is 8. The summed E-state index contributed by atoms with van der Waals surface area (Å²) in [6.45, 7) is 7.02. The number of fused-ring (bicyclic) bond motifs is 2. The number of aryl methyl sites for hydroxylation is 4. The number of rotatable bonds is 2. The van der Waals surface area contributed by atoms with Crippen LogP contribution in [0.5, 0.6) is 0 Å². The molecule has 0 saturated carbocycles. The Balaban J connectivity index is 0.000000161. The first-order valence-corrected chi connectivity index (χ1v) is 12.2. The molecule has 0 aromatic carbocycles. The van der Waals surface area contributed by atoms with E-state index in [-0.39, 0.29) is 17.2 Å². The Kier molecular flexibility index (Phi) is 8.21. The standard InChI is InChI=1S/C12H9BrFN3O.C12H10FN3O.BHNS/c1-5-10(6(2)18-17-5)11-9(14)3-7-8(13)4-15-12(7)16-11;1-6-10(7(2)17-16-6)11-9(13)5-8-3-4-14-12(8)15-11;1-2-3/h3-4H,1-2H3,(H,15,16);3-5H,1-2H3,(H,14,15);3H. The van der Waals surface area contributed by atoms with Crippen LogP contribution in [0.1, 0.15) is 22.9 Å². The Hall–Kier alpha value is -3.65. The van der Waals surface area contributed by atoms with Gasteiger partial charge < -0.3 is 19.0 Å². The number of halogens is 3. The Morgan fingerprint density at radius 2 is 1.42 bits per heavy atom. The fourth-order valence-corrected chi connectivity index (χ4v) is 4.36. The molecule has 2 N–H and O–H groups in total. The van der Waals surface area contributed by atoms with Crippen molar-refractivity contribution < 1.29 is 17.8 Å². The molecule has 38 heavy (non-hydrogen) atoms. The monoisotopic (exact) mass is 598 g/mol. The number of hydrogen-bond donors (Lipinski definition) is 3. The van der Waals surface area contributed by atoms with Crippen LogP contribution < -0.4 is 0 Å². The van der Waals surface area contributed by atoms with Gasteiger partial charge in [0.1, 0.15) is 45.8 Å². The first-order chi connectivity index (χ1) is 18.2. The molecule has 0 amide bonds. The van der Waals surface area contributed by atoms with Gasteiger partial charge in [0.2, 0.25) is 0 Å². The van der Waals surface area contributed by atoms with Crippen LogP contribution in [-0.2, 0) is 0 Å². The van der Waals surface area contributed by atoms with Crippen LogP contribution in [0.3, 0.4) is 0 Å². The van der Waals surface area contributed by atoms with Crippen molar-refractivity contribution in [2.75, 3.05) is 0 Å². The molecule has 14 heteroatoms. The molecule has 6 heterocycles. The molecule has 0 unspecified atom stereocenters. The molecule has 0 spiro atoms. The van der Waals surface area contributed by atoms with E-state index in [1.54, 1.807) is 46.2 Å². The summed E-state index contributed by atoms with van der Waals surface area (Å²) in [6.07, 6.45) is 3.46. The van der Waals surface area contributed by atoms with Gasteiger partial charge in [0.25, 0.3) is 0 Å². The minimum absolute atomic E-state index is 0.258. The van der Waals surface area contributed by atoms with Crippen LogP contribution in [0.4, 0.5) is 8.78 Å². The van der Waals surface area contributed by atoms with Gasteiger partial charge in [-0.05, 0) is 61.8 Å². The number of H-pyrrole nitrogens is 2. The predicted molar refractivity (Wildman–Crippen MR) is 147 cm³/mol. The van der Waals surface area contributed by atoms with Crippen molar-refractivity contribution in [3.05, 3.63) is 69.6 Å². The van der Waals surface area contributed by atoms with E-state index in [0.29, 0.717) is 50.7 Å². The number of aromatic nitrogens is 6. The van der Waals surface area contributed by atoms with E-state index >= 15 is 0 Å². The minimum atomic E-state index is -0.391. The van der Waals surface area contributed by atoms with Gasteiger partial charge in [0.15, 0.2) is 0 Å². The topological polar surface area (TPSA) is 122 Å². The summed E-state index contributed by atoms with van der Waals surface area (Å²) in [5, 5.41) is 9.09. The zero-order valence-electron chi connectivity index (χ0n) is 20.6. The molecule has 0 bridgehead atoms. The molecule has 0 fully saturated rings. The van der Waals surface area contributed by atoms with Crippen molar-refractivity contribution in [3.8, 4) is 22.5 Å². The molecule has 0 atom stereocenters. The van der Waals surface area contributed by atoms with E-state index in [9.17, 15) is 8.78 Å². The van der Waals surface area contributed by atoms with Gasteiger partial charge in [-0.15, -0.1) is 0 Å². The average molecular weight is 599 g/mol. The molecule has 1 radical (unpaired) electrons. The Morgan fingerprint density at radius 3 is 1.95 bits per heavy atom. The van der Waals surface area contributed by atoms with E-state index in [1.807, 2.05) is 0 Å². The molecule has 6 aromatic rings. The van der Waals surface area contributed by atoms with E-state index in [2.05, 4.69) is 70.9 Å². The molecule has 0 aliphatic carbocycles. The Labute approximate surface area is 230 Å². The van der Waals surface area contributed by atoms with Gasteiger partial charge in [-0.3, -0.25) is 0 Å². The third kappa shape index (κ3) is 5.32. The van der Waals surface area contributed by atoms with Crippen LogP contribution in [0.25, 0.3) is 44.6 Å². The van der Waals surface area contributed by atoms with Gasteiger partial charge in [0.05, 0.1) is 22.5 Å². The first-order valence-electron chi connectivity index (χ1n) is 11.0. The molecular formula is C24H20BBrF2N7O2S. The van der Waals surface area contributed by atoms with Gasteiger partial charge in [-0.2, -0.15) is 0 Å². The predicted octanol–water partition coefficient (Wildman–Crippen LogP) is 6.89. The van der Waals surface area contributed by atoms with Crippen molar-refractivity contribution in [1.29, 1.82) is 0 Å². The van der Waals surface area contributed by atoms with Crippen LogP contribution in [0.2, 0.25) is 0 Å². The zero-order chi connectivity index (χ0) is 27.6. The quantitative estimate of drug-likeness (QED) is 0.147. The van der Waals surface area contributed by atoms with Crippen molar-refractivity contribution in [2.45, 2.75) is 27.7 Å². The molecule has 9 nitrogen and oxygen atoms in total. The van der Waals surface area contributed by atoms with Crippen LogP contribution in [0.15, 0.2) is 48.4 Å².